The third-order valence-electron chi connectivity index (χ3n) is 7.77. The third-order valence-corrected chi connectivity index (χ3v) is 7.77. The zero-order valence-electron chi connectivity index (χ0n) is 22.5. The number of fused-ring (bicyclic) bond motifs is 1. The Bertz CT molecular complexity index is 923. The van der Waals surface area contributed by atoms with Crippen molar-refractivity contribution in [1.82, 2.24) is 20.9 Å². The highest BCUT2D eigenvalue weighted by Crippen LogP contribution is 2.34. The van der Waals surface area contributed by atoms with Gasteiger partial charge in [0.25, 0.3) is 0 Å². The molecule has 1 aliphatic heterocycles. The second kappa shape index (κ2) is 11.1. The Kier molecular flexibility index (Phi) is 8.63. The van der Waals surface area contributed by atoms with Gasteiger partial charge < -0.3 is 20.9 Å². The smallest absolute Gasteiger partial charge is 0.246 e. The molecular weight excluding hydrogens is 440 g/mol. The van der Waals surface area contributed by atoms with Gasteiger partial charge in [0.1, 0.15) is 12.1 Å². The van der Waals surface area contributed by atoms with Crippen LogP contribution in [-0.2, 0) is 20.8 Å². The van der Waals surface area contributed by atoms with Gasteiger partial charge in [-0.15, -0.1) is 0 Å². The second-order valence-electron chi connectivity index (χ2n) is 11.7. The summed E-state index contributed by atoms with van der Waals surface area (Å²) in [6.07, 6.45) is 3.61. The van der Waals surface area contributed by atoms with Gasteiger partial charge in [0, 0.05) is 6.54 Å². The van der Waals surface area contributed by atoms with Crippen LogP contribution in [0.15, 0.2) is 24.3 Å². The summed E-state index contributed by atoms with van der Waals surface area (Å²) in [5.74, 6) is 0.0962. The summed E-state index contributed by atoms with van der Waals surface area (Å²) in [5, 5.41) is 9.17. The number of carbonyl (C=O) groups excluding carboxylic acids is 3. The molecule has 0 spiro atoms. The largest absolute Gasteiger partial charge is 0.347 e. The first-order valence-corrected chi connectivity index (χ1v) is 13.1. The predicted molar refractivity (Wildman–Crippen MR) is 139 cm³/mol. The fourth-order valence-electron chi connectivity index (χ4n) is 5.23. The molecule has 35 heavy (non-hydrogen) atoms. The topological polar surface area (TPSA) is 90.5 Å². The average Bonchev–Trinajstić information content (AvgIpc) is 3.27. The molecule has 1 saturated heterocycles. The zero-order chi connectivity index (χ0) is 25.9. The van der Waals surface area contributed by atoms with Crippen molar-refractivity contribution in [3.63, 3.8) is 0 Å². The Morgan fingerprint density at radius 3 is 2.40 bits per heavy atom. The van der Waals surface area contributed by atoms with Gasteiger partial charge in [-0.3, -0.25) is 14.4 Å². The molecule has 0 saturated carbocycles. The van der Waals surface area contributed by atoms with Gasteiger partial charge in [-0.25, -0.2) is 0 Å². The van der Waals surface area contributed by atoms with Gasteiger partial charge in [-0.1, -0.05) is 58.9 Å². The lowest BCUT2D eigenvalue weighted by atomic mass is 9.85. The standard InChI is InChI=1S/C28H44N4O3/c1-17(2)20-15-23(26(34)30-22-14-10-12-19-11-8-9-13-21(19)22)32(16-20)27(35)24(28(4,5)6)31-25(33)18(3)29-7/h8-9,11,13,17-18,20,22-24,29H,10,12,14-16H2,1-7H3,(H,30,34)(H,31,33)/t18-,20-,22+,23-,24+/m0/s1. The molecule has 0 aromatic heterocycles. The Labute approximate surface area is 210 Å². The van der Waals surface area contributed by atoms with E-state index in [4.69, 9.17) is 0 Å². The number of nitrogens with one attached hydrogen (secondary N) is 3. The molecule has 7 heteroatoms. The highest BCUT2D eigenvalue weighted by atomic mass is 16.2. The Morgan fingerprint density at radius 2 is 1.77 bits per heavy atom. The van der Waals surface area contributed by atoms with Crippen LogP contribution in [0.5, 0.6) is 0 Å². The van der Waals surface area contributed by atoms with Gasteiger partial charge in [-0.05, 0) is 68.0 Å². The Morgan fingerprint density at radius 1 is 1.09 bits per heavy atom. The number of carbonyl (C=O) groups is 3. The third kappa shape index (κ3) is 6.24. The highest BCUT2D eigenvalue weighted by Gasteiger charge is 2.46. The average molecular weight is 485 g/mol. The molecule has 1 heterocycles. The molecule has 7 nitrogen and oxygen atoms in total. The first-order valence-electron chi connectivity index (χ1n) is 13.1. The molecule has 5 atom stereocenters. The molecule has 2 aliphatic rings. The van der Waals surface area contributed by atoms with Crippen molar-refractivity contribution in [3.05, 3.63) is 35.4 Å². The number of amides is 3. The molecule has 0 radical (unpaired) electrons. The number of nitrogens with zero attached hydrogens (tertiary/aromatic N) is 1. The maximum absolute atomic E-state index is 13.9. The van der Waals surface area contributed by atoms with Crippen molar-refractivity contribution in [2.45, 2.75) is 91.4 Å². The summed E-state index contributed by atoms with van der Waals surface area (Å²) >= 11 is 0. The van der Waals surface area contributed by atoms with Crippen molar-refractivity contribution in [2.24, 2.45) is 17.3 Å². The van der Waals surface area contributed by atoms with E-state index < -0.39 is 23.5 Å². The van der Waals surface area contributed by atoms with E-state index in [1.807, 2.05) is 32.9 Å². The normalized spacial score (nSPS) is 24.0. The molecule has 0 unspecified atom stereocenters. The molecule has 194 valence electrons. The Hall–Kier alpha value is -2.41. The summed E-state index contributed by atoms with van der Waals surface area (Å²) in [6.45, 7) is 12.4. The molecular formula is C28H44N4O3. The minimum absolute atomic E-state index is 0.0305. The number of hydrogen-bond donors (Lipinski definition) is 3. The van der Waals surface area contributed by atoms with E-state index in [0.29, 0.717) is 18.9 Å². The summed E-state index contributed by atoms with van der Waals surface area (Å²) in [6, 6.07) is 6.60. The van der Waals surface area contributed by atoms with Crippen LogP contribution in [0, 0.1) is 17.3 Å². The molecule has 3 N–H and O–H groups in total. The van der Waals surface area contributed by atoms with Crippen molar-refractivity contribution < 1.29 is 14.4 Å². The molecule has 1 fully saturated rings. The minimum Gasteiger partial charge on any atom is -0.347 e. The van der Waals surface area contributed by atoms with Crippen molar-refractivity contribution in [2.75, 3.05) is 13.6 Å². The number of hydrogen-bond acceptors (Lipinski definition) is 4. The fraction of sp³-hybridized carbons (Fsp3) is 0.679. The van der Waals surface area contributed by atoms with Crippen LogP contribution in [0.1, 0.15) is 78.0 Å². The molecule has 1 aromatic rings. The van der Waals surface area contributed by atoms with Crippen LogP contribution in [-0.4, -0.2) is 54.3 Å². The lowest BCUT2D eigenvalue weighted by Gasteiger charge is -2.36. The quantitative estimate of drug-likeness (QED) is 0.554. The van der Waals surface area contributed by atoms with Crippen LogP contribution in [0.3, 0.4) is 0 Å². The maximum atomic E-state index is 13.9. The minimum atomic E-state index is -0.720. The van der Waals surface area contributed by atoms with E-state index in [1.165, 1.54) is 11.1 Å². The maximum Gasteiger partial charge on any atom is 0.246 e. The number of likely N-dealkylation sites (tertiary alicyclic amines) is 1. The highest BCUT2D eigenvalue weighted by molar-refractivity contribution is 5.94. The first kappa shape index (κ1) is 27.2. The predicted octanol–water partition coefficient (Wildman–Crippen LogP) is 3.19. The van der Waals surface area contributed by atoms with Gasteiger partial charge in [-0.2, -0.15) is 0 Å². The van der Waals surface area contributed by atoms with Gasteiger partial charge >= 0.3 is 0 Å². The van der Waals surface area contributed by atoms with E-state index in [2.05, 4.69) is 41.9 Å². The summed E-state index contributed by atoms with van der Waals surface area (Å²) in [7, 11) is 1.72. The molecule has 1 aromatic carbocycles. The van der Waals surface area contributed by atoms with Crippen molar-refractivity contribution in [3.8, 4) is 0 Å². The summed E-state index contributed by atoms with van der Waals surface area (Å²) in [5.41, 5.74) is 1.97. The van der Waals surface area contributed by atoms with Gasteiger partial charge in [0.15, 0.2) is 0 Å². The van der Waals surface area contributed by atoms with Gasteiger partial charge in [0.05, 0.1) is 12.1 Å². The number of aryl methyl sites for hydroxylation is 1. The fourth-order valence-corrected chi connectivity index (χ4v) is 5.23. The van der Waals surface area contributed by atoms with Crippen LogP contribution in [0.4, 0.5) is 0 Å². The molecule has 3 rings (SSSR count). The summed E-state index contributed by atoms with van der Waals surface area (Å²) in [4.78, 5) is 42.0. The van der Waals surface area contributed by atoms with Crippen LogP contribution < -0.4 is 16.0 Å². The van der Waals surface area contributed by atoms with Gasteiger partial charge in [0.2, 0.25) is 17.7 Å². The van der Waals surface area contributed by atoms with Crippen molar-refractivity contribution in [1.29, 1.82) is 0 Å². The van der Waals surface area contributed by atoms with Crippen LogP contribution in [0.2, 0.25) is 0 Å². The second-order valence-corrected chi connectivity index (χ2v) is 11.7. The van der Waals surface area contributed by atoms with E-state index in [9.17, 15) is 14.4 Å². The van der Waals surface area contributed by atoms with E-state index in [1.54, 1.807) is 18.9 Å². The molecule has 3 amide bonds. The molecule has 0 bridgehead atoms. The number of likely N-dealkylation sites (N-methyl/N-ethyl adjacent to an activating group) is 1. The van der Waals surface area contributed by atoms with E-state index >= 15 is 0 Å². The van der Waals surface area contributed by atoms with Crippen LogP contribution >= 0.6 is 0 Å². The Balaban J connectivity index is 1.84. The molecule has 1 aliphatic carbocycles. The lowest BCUT2D eigenvalue weighted by Crippen LogP contribution is -2.59. The van der Waals surface area contributed by atoms with Crippen molar-refractivity contribution >= 4 is 17.7 Å². The zero-order valence-corrected chi connectivity index (χ0v) is 22.5. The SMILES string of the molecule is CN[C@@H](C)C(=O)N[C@H](C(=O)N1C[C@@H](C(C)C)C[C@H]1C(=O)N[C@@H]1CCCc2ccccc21)C(C)(C)C. The van der Waals surface area contributed by atoms with Crippen LogP contribution in [0.25, 0.3) is 0 Å². The summed E-state index contributed by atoms with van der Waals surface area (Å²) < 4.78 is 0. The van der Waals surface area contributed by atoms with E-state index in [-0.39, 0.29) is 29.7 Å². The van der Waals surface area contributed by atoms with E-state index in [0.717, 1.165) is 19.3 Å². The first-order chi connectivity index (χ1) is 16.4. The monoisotopic (exact) mass is 484 g/mol. The number of benzene rings is 1. The lowest BCUT2D eigenvalue weighted by molar-refractivity contribution is -0.144. The number of rotatable bonds is 7.